The number of aliphatic hydroxyl groups excluding tert-OH is 1. The van der Waals surface area contributed by atoms with Crippen LogP contribution in [0.5, 0.6) is 0 Å². The number of benzene rings is 2. The Morgan fingerprint density at radius 2 is 1.74 bits per heavy atom. The average Bonchev–Trinajstić information content (AvgIpc) is 3.67. The van der Waals surface area contributed by atoms with Gasteiger partial charge in [0.05, 0.1) is 29.1 Å². The Labute approximate surface area is 251 Å². The first-order chi connectivity index (χ1) is 20.8. The summed E-state index contributed by atoms with van der Waals surface area (Å²) in [6.07, 6.45) is 5.50. The molecule has 0 radical (unpaired) electrons. The third-order valence-electron chi connectivity index (χ3n) is 7.99. The molecule has 6 rings (SSSR count). The Balaban J connectivity index is 1.40. The van der Waals surface area contributed by atoms with Crippen LogP contribution in [0.2, 0.25) is 0 Å². The molecule has 0 aliphatic carbocycles. The van der Waals surface area contributed by atoms with Gasteiger partial charge in [0.2, 0.25) is 0 Å². The first-order valence-corrected chi connectivity index (χ1v) is 15.0. The second kappa shape index (κ2) is 12.1. The summed E-state index contributed by atoms with van der Waals surface area (Å²) >= 11 is 0. The van der Waals surface area contributed by atoms with Crippen LogP contribution >= 0.6 is 0 Å². The lowest BCUT2D eigenvalue weighted by Crippen LogP contribution is -2.14. The van der Waals surface area contributed by atoms with Gasteiger partial charge in [-0.1, -0.05) is 56.3 Å². The molecule has 1 atom stereocenters. The fourth-order valence-corrected chi connectivity index (χ4v) is 5.93. The molecule has 0 fully saturated rings. The molecule has 9 heteroatoms. The summed E-state index contributed by atoms with van der Waals surface area (Å²) in [5.41, 5.74) is 8.93. The summed E-state index contributed by atoms with van der Waals surface area (Å²) in [5, 5.41) is 25.9. The van der Waals surface area contributed by atoms with Gasteiger partial charge in [-0.15, -0.1) is 0 Å². The monoisotopic (exact) mass is 577 g/mol. The summed E-state index contributed by atoms with van der Waals surface area (Å²) in [4.78, 5) is 4.78. The smallest absolute Gasteiger partial charge is 0.181 e. The van der Waals surface area contributed by atoms with Crippen LogP contribution in [0.3, 0.4) is 0 Å². The Hall–Kier alpha value is -4.34. The predicted molar refractivity (Wildman–Crippen MR) is 169 cm³/mol. The van der Waals surface area contributed by atoms with E-state index in [0.29, 0.717) is 13.2 Å². The van der Waals surface area contributed by atoms with Gasteiger partial charge in [0.25, 0.3) is 0 Å². The standard InChI is InChI=1S/C34H39N7O2/c1-22(2)32-24(4)41(30-18-26-19-39(5)38-34(26)35-23(30)3)37-33(32)27-14-11-15-29-28(27)20-40(36-29)21-31(43-17-10-9-16-42)25-12-7-6-8-13-25/h6-8,11-15,18-20,22,31,42H,9-10,16-17,21H2,1-5H3/t31-/m0/s1. The number of fused-ring (bicyclic) bond motifs is 2. The number of rotatable bonds is 11. The molecule has 1 N–H and O–H groups in total. The first-order valence-electron chi connectivity index (χ1n) is 15.0. The molecule has 43 heavy (non-hydrogen) atoms. The van der Waals surface area contributed by atoms with Crippen LogP contribution in [0.1, 0.15) is 61.2 Å². The van der Waals surface area contributed by atoms with E-state index >= 15 is 0 Å². The van der Waals surface area contributed by atoms with E-state index in [1.54, 1.807) is 4.68 Å². The van der Waals surface area contributed by atoms with E-state index in [1.807, 2.05) is 47.7 Å². The number of pyridine rings is 1. The zero-order valence-electron chi connectivity index (χ0n) is 25.5. The number of aromatic nitrogens is 7. The SMILES string of the molecule is Cc1nc2nn(C)cc2cc1-n1nc(-c2cccc3nn(C[C@H](OCCCCO)c4ccccc4)cc23)c(C(C)C)c1C. The van der Waals surface area contributed by atoms with Crippen molar-refractivity contribution in [2.24, 2.45) is 7.05 Å². The average molecular weight is 578 g/mol. The highest BCUT2D eigenvalue weighted by atomic mass is 16.5. The van der Waals surface area contributed by atoms with Gasteiger partial charge in [0, 0.05) is 60.2 Å². The van der Waals surface area contributed by atoms with E-state index in [9.17, 15) is 5.11 Å². The zero-order valence-corrected chi connectivity index (χ0v) is 25.5. The number of aryl methyl sites for hydroxylation is 2. The molecule has 0 aliphatic heterocycles. The van der Waals surface area contributed by atoms with Gasteiger partial charge >= 0.3 is 0 Å². The van der Waals surface area contributed by atoms with E-state index in [2.05, 4.69) is 68.5 Å². The minimum Gasteiger partial charge on any atom is -0.396 e. The topological polar surface area (TPSA) is 95.8 Å². The highest BCUT2D eigenvalue weighted by molar-refractivity contribution is 5.94. The molecule has 9 nitrogen and oxygen atoms in total. The van der Waals surface area contributed by atoms with Crippen LogP contribution in [-0.2, 0) is 18.3 Å². The largest absolute Gasteiger partial charge is 0.396 e. The molecule has 2 aromatic carbocycles. The summed E-state index contributed by atoms with van der Waals surface area (Å²) in [7, 11) is 1.91. The molecule has 0 bridgehead atoms. The summed E-state index contributed by atoms with van der Waals surface area (Å²) < 4.78 is 12.1. The Kier molecular flexibility index (Phi) is 8.10. The van der Waals surface area contributed by atoms with Crippen molar-refractivity contribution in [3.8, 4) is 16.9 Å². The van der Waals surface area contributed by atoms with E-state index in [1.165, 1.54) is 5.56 Å². The van der Waals surface area contributed by atoms with Gasteiger partial charge < -0.3 is 9.84 Å². The van der Waals surface area contributed by atoms with E-state index in [-0.39, 0.29) is 18.6 Å². The van der Waals surface area contributed by atoms with Crippen LogP contribution in [-0.4, -0.2) is 52.6 Å². The lowest BCUT2D eigenvalue weighted by molar-refractivity contribution is 0.0341. The molecular weight excluding hydrogens is 538 g/mol. The normalized spacial score (nSPS) is 12.6. The molecule has 4 heterocycles. The minimum atomic E-state index is -0.150. The molecule has 222 valence electrons. The lowest BCUT2D eigenvalue weighted by atomic mass is 9.95. The lowest BCUT2D eigenvalue weighted by Gasteiger charge is -2.18. The van der Waals surface area contributed by atoms with Crippen molar-refractivity contribution in [2.45, 2.75) is 59.1 Å². The third-order valence-corrected chi connectivity index (χ3v) is 7.99. The van der Waals surface area contributed by atoms with Crippen LogP contribution in [0.25, 0.3) is 38.9 Å². The van der Waals surface area contributed by atoms with E-state index < -0.39 is 0 Å². The molecule has 0 amide bonds. The number of nitrogens with zero attached hydrogens (tertiary/aromatic N) is 7. The molecule has 0 aliphatic rings. The van der Waals surface area contributed by atoms with Gasteiger partial charge in [0.15, 0.2) is 5.65 Å². The number of aliphatic hydroxyl groups is 1. The van der Waals surface area contributed by atoms with Crippen molar-refractivity contribution in [1.29, 1.82) is 0 Å². The number of ether oxygens (including phenoxy) is 1. The van der Waals surface area contributed by atoms with Crippen molar-refractivity contribution in [2.75, 3.05) is 13.2 Å². The minimum absolute atomic E-state index is 0.150. The van der Waals surface area contributed by atoms with Gasteiger partial charge in [-0.3, -0.25) is 9.36 Å². The third kappa shape index (κ3) is 5.70. The van der Waals surface area contributed by atoms with Crippen LogP contribution in [0.4, 0.5) is 0 Å². The Morgan fingerprint density at radius 1 is 0.930 bits per heavy atom. The number of hydrogen-bond donors (Lipinski definition) is 1. The number of unbranched alkanes of at least 4 members (excludes halogenated alkanes) is 1. The van der Waals surface area contributed by atoms with Gasteiger partial charge in [0.1, 0.15) is 6.10 Å². The summed E-state index contributed by atoms with van der Waals surface area (Å²) in [6.45, 7) is 9.93. The van der Waals surface area contributed by atoms with Crippen molar-refractivity contribution in [1.82, 2.24) is 34.3 Å². The number of hydrogen-bond acceptors (Lipinski definition) is 6. The van der Waals surface area contributed by atoms with Gasteiger partial charge in [-0.2, -0.15) is 15.3 Å². The molecule has 0 unspecified atom stereocenters. The fourth-order valence-electron chi connectivity index (χ4n) is 5.93. The van der Waals surface area contributed by atoms with Crippen LogP contribution in [0, 0.1) is 13.8 Å². The second-order valence-corrected chi connectivity index (χ2v) is 11.5. The maximum absolute atomic E-state index is 9.20. The van der Waals surface area contributed by atoms with Crippen molar-refractivity contribution in [3.05, 3.63) is 89.5 Å². The zero-order chi connectivity index (χ0) is 30.1. The Bertz CT molecular complexity index is 1870. The summed E-state index contributed by atoms with van der Waals surface area (Å²) in [5.74, 6) is 0.263. The second-order valence-electron chi connectivity index (χ2n) is 11.5. The first kappa shape index (κ1) is 28.8. The molecule has 4 aromatic heterocycles. The summed E-state index contributed by atoms with van der Waals surface area (Å²) in [6, 6.07) is 18.6. The molecular formula is C34H39N7O2. The van der Waals surface area contributed by atoms with E-state index in [0.717, 1.165) is 68.7 Å². The van der Waals surface area contributed by atoms with Gasteiger partial charge in [-0.25, -0.2) is 9.67 Å². The fraction of sp³-hybridized carbons (Fsp3) is 0.353. The molecule has 0 spiro atoms. The van der Waals surface area contributed by atoms with Gasteiger partial charge in [-0.05, 0) is 50.3 Å². The van der Waals surface area contributed by atoms with Crippen molar-refractivity contribution in [3.63, 3.8) is 0 Å². The highest BCUT2D eigenvalue weighted by Crippen LogP contribution is 2.37. The van der Waals surface area contributed by atoms with Crippen LogP contribution < -0.4 is 0 Å². The quantitative estimate of drug-likeness (QED) is 0.178. The maximum Gasteiger partial charge on any atom is 0.181 e. The van der Waals surface area contributed by atoms with E-state index in [4.69, 9.17) is 19.9 Å². The highest BCUT2D eigenvalue weighted by Gasteiger charge is 2.24. The molecule has 6 aromatic rings. The van der Waals surface area contributed by atoms with Crippen LogP contribution in [0.15, 0.2) is 67.0 Å². The maximum atomic E-state index is 9.20. The van der Waals surface area contributed by atoms with Crippen molar-refractivity contribution >= 4 is 21.9 Å². The molecule has 0 saturated heterocycles. The van der Waals surface area contributed by atoms with Crippen molar-refractivity contribution < 1.29 is 9.84 Å². The predicted octanol–water partition coefficient (Wildman–Crippen LogP) is 6.44. The Morgan fingerprint density at radius 3 is 2.51 bits per heavy atom. The molecule has 0 saturated carbocycles.